The molecular formula is C13H12FN3O. The Hall–Kier alpha value is -2.01. The van der Waals surface area contributed by atoms with E-state index in [2.05, 4.69) is 15.3 Å². The minimum absolute atomic E-state index is 0.203. The maximum absolute atomic E-state index is 13.3. The number of hydrogen-bond acceptors (Lipinski definition) is 4. The number of aromatic nitrogens is 2. The highest BCUT2D eigenvalue weighted by Crippen LogP contribution is 2.25. The number of fused-ring (bicyclic) bond motifs is 1. The lowest BCUT2D eigenvalue weighted by Crippen LogP contribution is -2.00. The smallest absolute Gasteiger partial charge is 0.165 e. The van der Waals surface area contributed by atoms with Crippen LogP contribution < -0.4 is 10.1 Å². The number of ether oxygens (including phenoxy) is 1. The second-order valence-electron chi connectivity index (χ2n) is 4.12. The molecule has 4 nitrogen and oxygen atoms in total. The molecule has 2 heterocycles. The molecule has 1 aliphatic rings. The summed E-state index contributed by atoms with van der Waals surface area (Å²) in [5.41, 5.74) is 2.87. The molecule has 0 unspecified atom stereocenters. The van der Waals surface area contributed by atoms with Gasteiger partial charge in [0.1, 0.15) is 0 Å². The van der Waals surface area contributed by atoms with Gasteiger partial charge in [-0.05, 0) is 18.2 Å². The van der Waals surface area contributed by atoms with E-state index in [9.17, 15) is 4.39 Å². The van der Waals surface area contributed by atoms with Gasteiger partial charge >= 0.3 is 0 Å². The minimum Gasteiger partial charge on any atom is -0.494 e. The number of nitrogens with zero attached hydrogens (tertiary/aromatic N) is 2. The average Bonchev–Trinajstić information content (AvgIpc) is 2.86. The van der Waals surface area contributed by atoms with Gasteiger partial charge in [0, 0.05) is 30.4 Å². The molecule has 0 saturated heterocycles. The van der Waals surface area contributed by atoms with Crippen LogP contribution in [-0.2, 0) is 13.1 Å². The van der Waals surface area contributed by atoms with Crippen molar-refractivity contribution >= 4 is 0 Å². The van der Waals surface area contributed by atoms with E-state index in [1.54, 1.807) is 12.1 Å². The molecule has 0 atom stereocenters. The summed E-state index contributed by atoms with van der Waals surface area (Å²) in [6, 6.07) is 4.63. The lowest BCUT2D eigenvalue weighted by Gasteiger charge is -2.06. The Labute approximate surface area is 104 Å². The maximum Gasteiger partial charge on any atom is 0.165 e. The summed E-state index contributed by atoms with van der Waals surface area (Å²) in [7, 11) is 1.44. The summed E-state index contributed by atoms with van der Waals surface area (Å²) in [5.74, 6) is 0.412. The lowest BCUT2D eigenvalue weighted by atomic mass is 10.2. The highest BCUT2D eigenvalue weighted by molar-refractivity contribution is 5.58. The minimum atomic E-state index is -0.385. The third-order valence-electron chi connectivity index (χ3n) is 2.97. The zero-order chi connectivity index (χ0) is 12.5. The van der Waals surface area contributed by atoms with Crippen LogP contribution in [0.25, 0.3) is 11.4 Å². The van der Waals surface area contributed by atoms with E-state index in [0.29, 0.717) is 5.82 Å². The molecule has 0 bridgehead atoms. The van der Waals surface area contributed by atoms with Gasteiger partial charge in [-0.25, -0.2) is 14.4 Å². The Morgan fingerprint density at radius 2 is 2.22 bits per heavy atom. The molecule has 0 radical (unpaired) electrons. The predicted molar refractivity (Wildman–Crippen MR) is 64.5 cm³/mol. The second-order valence-corrected chi connectivity index (χ2v) is 4.12. The fourth-order valence-corrected chi connectivity index (χ4v) is 2.00. The first-order chi connectivity index (χ1) is 8.78. The van der Waals surface area contributed by atoms with Crippen LogP contribution in [0.3, 0.4) is 0 Å². The summed E-state index contributed by atoms with van der Waals surface area (Å²) in [6.45, 7) is 1.56. The van der Waals surface area contributed by atoms with E-state index in [1.807, 2.05) is 6.20 Å². The van der Waals surface area contributed by atoms with Crippen LogP contribution in [0.2, 0.25) is 0 Å². The molecular weight excluding hydrogens is 233 g/mol. The standard InChI is InChI=1S/C13H12FN3O/c1-18-12-4-8(2-3-10(12)14)13-16-6-9-5-15-7-11(9)17-13/h2-4,6,15H,5,7H2,1H3. The van der Waals surface area contributed by atoms with Crippen molar-refractivity contribution in [2.75, 3.05) is 7.11 Å². The zero-order valence-electron chi connectivity index (χ0n) is 9.90. The first-order valence-electron chi connectivity index (χ1n) is 5.67. The molecule has 1 aromatic carbocycles. The number of hydrogen-bond donors (Lipinski definition) is 1. The Morgan fingerprint density at radius 1 is 1.33 bits per heavy atom. The van der Waals surface area contributed by atoms with E-state index in [0.717, 1.165) is 29.9 Å². The molecule has 0 spiro atoms. The SMILES string of the molecule is COc1cc(-c2ncc3c(n2)CNC3)ccc1F. The highest BCUT2D eigenvalue weighted by Gasteiger charge is 2.14. The maximum atomic E-state index is 13.3. The van der Waals surface area contributed by atoms with Crippen molar-refractivity contribution in [2.24, 2.45) is 0 Å². The first kappa shape index (κ1) is 11.1. The van der Waals surface area contributed by atoms with E-state index in [1.165, 1.54) is 13.2 Å². The molecule has 0 aliphatic carbocycles. The molecule has 0 saturated carbocycles. The zero-order valence-corrected chi connectivity index (χ0v) is 9.90. The molecule has 0 fully saturated rings. The van der Waals surface area contributed by atoms with Crippen LogP contribution in [0, 0.1) is 5.82 Å². The van der Waals surface area contributed by atoms with Crippen LogP contribution in [0.15, 0.2) is 24.4 Å². The van der Waals surface area contributed by atoms with Crippen LogP contribution in [0.1, 0.15) is 11.3 Å². The van der Waals surface area contributed by atoms with Gasteiger partial charge in [0.15, 0.2) is 17.4 Å². The van der Waals surface area contributed by atoms with Gasteiger partial charge in [-0.1, -0.05) is 0 Å². The molecule has 1 aliphatic heterocycles. The van der Waals surface area contributed by atoms with Crippen molar-refractivity contribution in [3.05, 3.63) is 41.5 Å². The number of nitrogens with one attached hydrogen (secondary N) is 1. The van der Waals surface area contributed by atoms with E-state index >= 15 is 0 Å². The third kappa shape index (κ3) is 1.82. The van der Waals surface area contributed by atoms with Crippen molar-refractivity contribution in [1.82, 2.24) is 15.3 Å². The van der Waals surface area contributed by atoms with Gasteiger partial charge in [0.25, 0.3) is 0 Å². The summed E-state index contributed by atoms with van der Waals surface area (Å²) in [6.07, 6.45) is 1.81. The quantitative estimate of drug-likeness (QED) is 0.877. The summed E-state index contributed by atoms with van der Waals surface area (Å²) in [4.78, 5) is 8.77. The normalized spacial score (nSPS) is 13.4. The Bertz CT molecular complexity index is 592. The van der Waals surface area contributed by atoms with Crippen LogP contribution in [0.5, 0.6) is 5.75 Å². The van der Waals surface area contributed by atoms with E-state index < -0.39 is 0 Å². The lowest BCUT2D eigenvalue weighted by molar-refractivity contribution is 0.386. The van der Waals surface area contributed by atoms with Crippen molar-refractivity contribution in [3.8, 4) is 17.1 Å². The number of benzene rings is 1. The fourth-order valence-electron chi connectivity index (χ4n) is 2.00. The molecule has 3 rings (SSSR count). The van der Waals surface area contributed by atoms with Gasteiger partial charge in [0.05, 0.1) is 12.8 Å². The Kier molecular flexibility index (Phi) is 2.68. The molecule has 92 valence electrons. The summed E-state index contributed by atoms with van der Waals surface area (Å²) >= 11 is 0. The van der Waals surface area contributed by atoms with E-state index in [-0.39, 0.29) is 11.6 Å². The van der Waals surface area contributed by atoms with Gasteiger partial charge in [-0.15, -0.1) is 0 Å². The van der Waals surface area contributed by atoms with Crippen molar-refractivity contribution in [1.29, 1.82) is 0 Å². The van der Waals surface area contributed by atoms with Gasteiger partial charge in [-0.2, -0.15) is 0 Å². The van der Waals surface area contributed by atoms with Gasteiger partial charge in [0.2, 0.25) is 0 Å². The third-order valence-corrected chi connectivity index (χ3v) is 2.97. The first-order valence-corrected chi connectivity index (χ1v) is 5.67. The Morgan fingerprint density at radius 3 is 3.06 bits per heavy atom. The molecule has 1 aromatic heterocycles. The summed E-state index contributed by atoms with van der Waals surface area (Å²) < 4.78 is 18.3. The highest BCUT2D eigenvalue weighted by atomic mass is 19.1. The number of methoxy groups -OCH3 is 1. The second kappa shape index (κ2) is 4.34. The summed E-state index contributed by atoms with van der Waals surface area (Å²) in [5, 5.41) is 3.21. The monoisotopic (exact) mass is 245 g/mol. The van der Waals surface area contributed by atoms with Crippen molar-refractivity contribution in [2.45, 2.75) is 13.1 Å². The Balaban J connectivity index is 2.04. The number of rotatable bonds is 2. The van der Waals surface area contributed by atoms with Crippen LogP contribution in [0.4, 0.5) is 4.39 Å². The number of halogens is 1. The molecule has 1 N–H and O–H groups in total. The predicted octanol–water partition coefficient (Wildman–Crippen LogP) is 1.89. The van der Waals surface area contributed by atoms with Crippen molar-refractivity contribution < 1.29 is 9.13 Å². The topological polar surface area (TPSA) is 47.0 Å². The molecule has 0 amide bonds. The average molecular weight is 245 g/mol. The van der Waals surface area contributed by atoms with Crippen LogP contribution in [-0.4, -0.2) is 17.1 Å². The van der Waals surface area contributed by atoms with E-state index in [4.69, 9.17) is 4.74 Å². The fraction of sp³-hybridized carbons (Fsp3) is 0.231. The van der Waals surface area contributed by atoms with Gasteiger partial charge < -0.3 is 10.1 Å². The molecule has 2 aromatic rings. The van der Waals surface area contributed by atoms with Gasteiger partial charge in [-0.3, -0.25) is 0 Å². The van der Waals surface area contributed by atoms with Crippen molar-refractivity contribution in [3.63, 3.8) is 0 Å². The largest absolute Gasteiger partial charge is 0.494 e. The molecule has 5 heteroatoms. The van der Waals surface area contributed by atoms with Crippen LogP contribution >= 0.6 is 0 Å². The molecule has 18 heavy (non-hydrogen) atoms.